The Morgan fingerprint density at radius 3 is 2.60 bits per heavy atom. The van der Waals surface area contributed by atoms with Gasteiger partial charge in [0.05, 0.1) is 10.5 Å². The zero-order chi connectivity index (χ0) is 7.56. The van der Waals surface area contributed by atoms with E-state index in [4.69, 9.17) is 0 Å². The summed E-state index contributed by atoms with van der Waals surface area (Å²) in [7, 11) is 0. The molecule has 0 aromatic carbocycles. The average molecular weight is 265 g/mol. The third-order valence-corrected chi connectivity index (χ3v) is 2.10. The Bertz CT molecular complexity index is 205. The molecule has 0 N–H and O–H groups in total. The number of halogens is 2. The Kier molecular flexibility index (Phi) is 2.86. The molecule has 1 atom stereocenters. The molecule has 0 saturated heterocycles. The number of aromatic nitrogens is 1. The molecule has 1 nitrogen and oxygen atoms in total. The van der Waals surface area contributed by atoms with E-state index in [9.17, 15) is 0 Å². The fourth-order valence-electron chi connectivity index (χ4n) is 0.623. The Hall–Kier alpha value is 0.110. The second-order valence-corrected chi connectivity index (χ2v) is 4.31. The van der Waals surface area contributed by atoms with Crippen molar-refractivity contribution >= 4 is 31.9 Å². The van der Waals surface area contributed by atoms with E-state index in [1.165, 1.54) is 0 Å². The highest BCUT2D eigenvalue weighted by Gasteiger charge is 1.99. The molecular weight excluding hydrogens is 258 g/mol. The molecule has 0 fully saturated rings. The van der Waals surface area contributed by atoms with Gasteiger partial charge in [0.15, 0.2) is 0 Å². The van der Waals surface area contributed by atoms with E-state index in [1.54, 1.807) is 6.20 Å². The lowest BCUT2D eigenvalue weighted by Crippen LogP contribution is -1.86. The standard InChI is InChI=1S/C7H7Br2N/c1-5(8)7-3-2-6(9)4-10-7/h2-5H,1H3/t5-/m0/s1. The minimum atomic E-state index is 0.334. The van der Waals surface area contributed by atoms with Gasteiger partial charge in [-0.25, -0.2) is 0 Å². The van der Waals surface area contributed by atoms with Crippen LogP contribution in [0.15, 0.2) is 22.8 Å². The number of hydrogen-bond acceptors (Lipinski definition) is 1. The van der Waals surface area contributed by atoms with E-state index in [-0.39, 0.29) is 0 Å². The molecule has 1 aromatic rings. The third-order valence-electron chi connectivity index (χ3n) is 1.16. The van der Waals surface area contributed by atoms with Crippen LogP contribution in [0.1, 0.15) is 17.4 Å². The number of hydrogen-bond donors (Lipinski definition) is 0. The van der Waals surface area contributed by atoms with Crippen molar-refractivity contribution in [3.8, 4) is 0 Å². The van der Waals surface area contributed by atoms with Gasteiger partial charge in [0.25, 0.3) is 0 Å². The molecule has 1 rings (SSSR count). The van der Waals surface area contributed by atoms with Gasteiger partial charge in [-0.2, -0.15) is 0 Å². The summed E-state index contributed by atoms with van der Waals surface area (Å²) in [4.78, 5) is 4.52. The van der Waals surface area contributed by atoms with Crippen LogP contribution in [-0.4, -0.2) is 4.98 Å². The summed E-state index contributed by atoms with van der Waals surface area (Å²) in [5.41, 5.74) is 1.06. The van der Waals surface area contributed by atoms with Gasteiger partial charge in [0, 0.05) is 10.7 Å². The highest BCUT2D eigenvalue weighted by atomic mass is 79.9. The molecule has 0 aliphatic heterocycles. The molecule has 0 bridgehead atoms. The van der Waals surface area contributed by atoms with E-state index in [0.29, 0.717) is 4.83 Å². The Morgan fingerprint density at radius 1 is 1.50 bits per heavy atom. The maximum atomic E-state index is 4.18. The first kappa shape index (κ1) is 8.21. The number of nitrogens with zero attached hydrogens (tertiary/aromatic N) is 1. The van der Waals surface area contributed by atoms with Crippen LogP contribution in [0.5, 0.6) is 0 Å². The van der Waals surface area contributed by atoms with Crippen LogP contribution in [0.2, 0.25) is 0 Å². The highest BCUT2D eigenvalue weighted by molar-refractivity contribution is 9.10. The first-order valence-electron chi connectivity index (χ1n) is 2.95. The molecule has 0 aliphatic rings. The Balaban J connectivity index is 2.89. The zero-order valence-corrected chi connectivity index (χ0v) is 8.68. The van der Waals surface area contributed by atoms with Gasteiger partial charge in [-0.05, 0) is 35.0 Å². The van der Waals surface area contributed by atoms with Gasteiger partial charge in [-0.15, -0.1) is 0 Å². The molecule has 3 heteroatoms. The number of alkyl halides is 1. The van der Waals surface area contributed by atoms with Gasteiger partial charge in [-0.1, -0.05) is 15.9 Å². The van der Waals surface area contributed by atoms with Gasteiger partial charge in [0.1, 0.15) is 0 Å². The second-order valence-electron chi connectivity index (χ2n) is 2.02. The van der Waals surface area contributed by atoms with Crippen LogP contribution in [0, 0.1) is 0 Å². The fraction of sp³-hybridized carbons (Fsp3) is 0.286. The van der Waals surface area contributed by atoms with E-state index in [1.807, 2.05) is 12.1 Å². The van der Waals surface area contributed by atoms with Crippen LogP contribution in [0.3, 0.4) is 0 Å². The molecule has 10 heavy (non-hydrogen) atoms. The molecule has 0 spiro atoms. The summed E-state index contributed by atoms with van der Waals surface area (Å²) in [5.74, 6) is 0. The first-order valence-corrected chi connectivity index (χ1v) is 4.66. The topological polar surface area (TPSA) is 12.9 Å². The predicted octanol–water partition coefficient (Wildman–Crippen LogP) is 3.30. The van der Waals surface area contributed by atoms with Crippen molar-refractivity contribution < 1.29 is 0 Å². The molecule has 0 amide bonds. The highest BCUT2D eigenvalue weighted by Crippen LogP contribution is 2.20. The summed E-state index contributed by atoms with van der Waals surface area (Å²) in [6.07, 6.45) is 1.80. The van der Waals surface area contributed by atoms with E-state index in [0.717, 1.165) is 10.2 Å². The van der Waals surface area contributed by atoms with Crippen molar-refractivity contribution in [2.24, 2.45) is 0 Å². The van der Waals surface area contributed by atoms with Crippen molar-refractivity contribution in [1.82, 2.24) is 4.98 Å². The minimum Gasteiger partial charge on any atom is -0.259 e. The SMILES string of the molecule is C[C@H](Br)c1ccc(Br)cn1. The van der Waals surface area contributed by atoms with E-state index in [2.05, 4.69) is 43.8 Å². The lowest BCUT2D eigenvalue weighted by Gasteiger charge is -2.00. The Labute approximate surface area is 77.1 Å². The normalized spacial score (nSPS) is 13.1. The van der Waals surface area contributed by atoms with Crippen LogP contribution >= 0.6 is 31.9 Å². The van der Waals surface area contributed by atoms with Gasteiger partial charge in [-0.3, -0.25) is 4.98 Å². The maximum absolute atomic E-state index is 4.18. The molecule has 0 saturated carbocycles. The van der Waals surface area contributed by atoms with Crippen LogP contribution in [0.4, 0.5) is 0 Å². The molecule has 0 unspecified atom stereocenters. The minimum absolute atomic E-state index is 0.334. The summed E-state index contributed by atoms with van der Waals surface area (Å²) >= 11 is 6.75. The van der Waals surface area contributed by atoms with Crippen molar-refractivity contribution in [3.05, 3.63) is 28.5 Å². The lowest BCUT2D eigenvalue weighted by molar-refractivity contribution is 1.02. The smallest absolute Gasteiger partial charge is 0.0539 e. The predicted molar refractivity (Wildman–Crippen MR) is 49.3 cm³/mol. The molecule has 54 valence electrons. The van der Waals surface area contributed by atoms with Gasteiger partial charge < -0.3 is 0 Å². The second kappa shape index (κ2) is 3.49. The first-order chi connectivity index (χ1) is 4.70. The quantitative estimate of drug-likeness (QED) is 0.710. The fourth-order valence-corrected chi connectivity index (χ4v) is 1.13. The third kappa shape index (κ3) is 2.06. The molecule has 1 aromatic heterocycles. The number of rotatable bonds is 1. The largest absolute Gasteiger partial charge is 0.259 e. The summed E-state index contributed by atoms with van der Waals surface area (Å²) in [6.45, 7) is 2.05. The molecule has 0 radical (unpaired) electrons. The lowest BCUT2D eigenvalue weighted by atomic mass is 10.3. The van der Waals surface area contributed by atoms with Gasteiger partial charge in [0.2, 0.25) is 0 Å². The summed E-state index contributed by atoms with van der Waals surface area (Å²) < 4.78 is 1.02. The van der Waals surface area contributed by atoms with Gasteiger partial charge >= 0.3 is 0 Å². The van der Waals surface area contributed by atoms with Crippen LogP contribution in [0.25, 0.3) is 0 Å². The monoisotopic (exact) mass is 263 g/mol. The average Bonchev–Trinajstić information content (AvgIpc) is 1.88. The van der Waals surface area contributed by atoms with Crippen LogP contribution < -0.4 is 0 Å². The van der Waals surface area contributed by atoms with E-state index >= 15 is 0 Å². The Morgan fingerprint density at radius 2 is 2.20 bits per heavy atom. The van der Waals surface area contributed by atoms with Crippen molar-refractivity contribution in [1.29, 1.82) is 0 Å². The van der Waals surface area contributed by atoms with Crippen molar-refractivity contribution in [2.45, 2.75) is 11.8 Å². The zero-order valence-electron chi connectivity index (χ0n) is 5.51. The van der Waals surface area contributed by atoms with Crippen molar-refractivity contribution in [2.75, 3.05) is 0 Å². The van der Waals surface area contributed by atoms with E-state index < -0.39 is 0 Å². The van der Waals surface area contributed by atoms with Crippen molar-refractivity contribution in [3.63, 3.8) is 0 Å². The number of pyridine rings is 1. The molecule has 0 aliphatic carbocycles. The summed E-state index contributed by atoms with van der Waals surface area (Å²) in [5, 5.41) is 0. The maximum Gasteiger partial charge on any atom is 0.0539 e. The molecule has 1 heterocycles. The van der Waals surface area contributed by atoms with Crippen LogP contribution in [-0.2, 0) is 0 Å². The summed E-state index contributed by atoms with van der Waals surface area (Å²) in [6, 6.07) is 3.98. The molecular formula is C7H7Br2N.